The molecule has 0 aromatic carbocycles. The molecule has 0 aliphatic heterocycles. The van der Waals surface area contributed by atoms with Gasteiger partial charge in [-0.3, -0.25) is 0 Å². The van der Waals surface area contributed by atoms with Gasteiger partial charge in [0.25, 0.3) is 0 Å². The van der Waals surface area contributed by atoms with Gasteiger partial charge in [-0.2, -0.15) is 0 Å². The standard InChI is InChI=1S/C15H17NO3S2/c1-2-19-15(5-3-4-6-15)14-16-11(9-21-14)12-7-10(8-20-12)13(17)18/h7-9H,2-6H2,1H3,(H,17,18). The molecule has 2 aromatic rings. The maximum atomic E-state index is 11.0. The van der Waals surface area contributed by atoms with Crippen molar-refractivity contribution in [1.29, 1.82) is 0 Å². The molecule has 2 aromatic heterocycles. The SMILES string of the molecule is CCOC1(c2nc(-c3cc(C(=O)O)cs3)cs2)CCCC1. The fraction of sp³-hybridized carbons (Fsp3) is 0.467. The number of rotatable bonds is 5. The van der Waals surface area contributed by atoms with Crippen molar-refractivity contribution >= 4 is 28.6 Å². The summed E-state index contributed by atoms with van der Waals surface area (Å²) in [6.45, 7) is 2.71. The van der Waals surface area contributed by atoms with Crippen molar-refractivity contribution in [1.82, 2.24) is 4.98 Å². The van der Waals surface area contributed by atoms with E-state index in [0.29, 0.717) is 12.2 Å². The second-order valence-corrected chi connectivity index (χ2v) is 6.95. The predicted molar refractivity (Wildman–Crippen MR) is 84.2 cm³/mol. The van der Waals surface area contributed by atoms with Crippen molar-refractivity contribution in [3.8, 4) is 10.6 Å². The molecule has 1 fully saturated rings. The second-order valence-electron chi connectivity index (χ2n) is 5.18. The zero-order chi connectivity index (χ0) is 14.9. The van der Waals surface area contributed by atoms with Crippen LogP contribution in [0.3, 0.4) is 0 Å². The van der Waals surface area contributed by atoms with Crippen LogP contribution in [0.1, 0.15) is 48.0 Å². The van der Waals surface area contributed by atoms with Crippen LogP contribution in [0.2, 0.25) is 0 Å². The second kappa shape index (κ2) is 5.87. The van der Waals surface area contributed by atoms with Gasteiger partial charge in [0.05, 0.1) is 16.1 Å². The lowest BCUT2D eigenvalue weighted by atomic mass is 10.0. The molecule has 21 heavy (non-hydrogen) atoms. The molecule has 1 saturated carbocycles. The first-order chi connectivity index (χ1) is 10.1. The first-order valence-electron chi connectivity index (χ1n) is 7.07. The molecule has 0 amide bonds. The van der Waals surface area contributed by atoms with Gasteiger partial charge in [0, 0.05) is 17.4 Å². The number of nitrogens with zero attached hydrogens (tertiary/aromatic N) is 1. The maximum Gasteiger partial charge on any atom is 0.336 e. The minimum atomic E-state index is -0.894. The van der Waals surface area contributed by atoms with Gasteiger partial charge in [-0.25, -0.2) is 9.78 Å². The summed E-state index contributed by atoms with van der Waals surface area (Å²) in [4.78, 5) is 16.6. The zero-order valence-corrected chi connectivity index (χ0v) is 13.4. The Morgan fingerprint density at radius 3 is 2.76 bits per heavy atom. The Kier molecular flexibility index (Phi) is 4.10. The highest BCUT2D eigenvalue weighted by molar-refractivity contribution is 7.14. The number of carboxylic acid groups (broad SMARTS) is 1. The van der Waals surface area contributed by atoms with Crippen LogP contribution in [0.25, 0.3) is 10.6 Å². The van der Waals surface area contributed by atoms with Crippen molar-refractivity contribution in [2.45, 2.75) is 38.2 Å². The van der Waals surface area contributed by atoms with Crippen molar-refractivity contribution in [3.63, 3.8) is 0 Å². The smallest absolute Gasteiger partial charge is 0.336 e. The molecule has 112 valence electrons. The Morgan fingerprint density at radius 2 is 2.14 bits per heavy atom. The largest absolute Gasteiger partial charge is 0.478 e. The van der Waals surface area contributed by atoms with Crippen molar-refractivity contribution < 1.29 is 14.6 Å². The molecular formula is C15H17NO3S2. The van der Waals surface area contributed by atoms with Gasteiger partial charge in [0.15, 0.2) is 0 Å². The lowest BCUT2D eigenvalue weighted by Crippen LogP contribution is -2.25. The van der Waals surface area contributed by atoms with Gasteiger partial charge in [0.1, 0.15) is 10.6 Å². The van der Waals surface area contributed by atoms with Gasteiger partial charge in [-0.05, 0) is 25.8 Å². The lowest BCUT2D eigenvalue weighted by molar-refractivity contribution is -0.0390. The van der Waals surface area contributed by atoms with Crippen LogP contribution in [0.4, 0.5) is 0 Å². The molecule has 1 N–H and O–H groups in total. The van der Waals surface area contributed by atoms with Crippen LogP contribution in [-0.4, -0.2) is 22.7 Å². The summed E-state index contributed by atoms with van der Waals surface area (Å²) in [6, 6.07) is 1.69. The molecule has 6 heteroatoms. The van der Waals surface area contributed by atoms with E-state index in [2.05, 4.69) is 0 Å². The summed E-state index contributed by atoms with van der Waals surface area (Å²) < 4.78 is 6.03. The molecule has 0 radical (unpaired) electrons. The minimum absolute atomic E-state index is 0.218. The van der Waals surface area contributed by atoms with E-state index >= 15 is 0 Å². The lowest BCUT2D eigenvalue weighted by Gasteiger charge is -2.26. The topological polar surface area (TPSA) is 59.4 Å². The summed E-state index contributed by atoms with van der Waals surface area (Å²) in [5.74, 6) is -0.894. The fourth-order valence-electron chi connectivity index (χ4n) is 2.82. The third kappa shape index (κ3) is 2.75. The monoisotopic (exact) mass is 323 g/mol. The predicted octanol–water partition coefficient (Wildman–Crippen LogP) is 4.38. The number of ether oxygens (including phenoxy) is 1. The molecule has 0 bridgehead atoms. The highest BCUT2D eigenvalue weighted by Gasteiger charge is 2.39. The number of hydrogen-bond donors (Lipinski definition) is 1. The number of aromatic nitrogens is 1. The van der Waals surface area contributed by atoms with E-state index in [9.17, 15) is 4.79 Å². The van der Waals surface area contributed by atoms with Crippen LogP contribution in [0.15, 0.2) is 16.8 Å². The van der Waals surface area contributed by atoms with Crippen molar-refractivity contribution in [3.05, 3.63) is 27.4 Å². The van der Waals surface area contributed by atoms with E-state index in [1.807, 2.05) is 12.3 Å². The van der Waals surface area contributed by atoms with E-state index in [4.69, 9.17) is 14.8 Å². The van der Waals surface area contributed by atoms with Crippen molar-refractivity contribution in [2.75, 3.05) is 6.61 Å². The molecule has 1 aliphatic rings. The van der Waals surface area contributed by atoms with E-state index in [1.54, 1.807) is 22.8 Å². The molecular weight excluding hydrogens is 306 g/mol. The summed E-state index contributed by atoms with van der Waals surface area (Å²) in [5, 5.41) is 13.7. The van der Waals surface area contributed by atoms with E-state index in [0.717, 1.165) is 28.4 Å². The maximum absolute atomic E-state index is 11.0. The van der Waals surface area contributed by atoms with Crippen LogP contribution >= 0.6 is 22.7 Å². The summed E-state index contributed by atoms with van der Waals surface area (Å²) in [6.07, 6.45) is 4.41. The van der Waals surface area contributed by atoms with Gasteiger partial charge in [-0.15, -0.1) is 22.7 Å². The molecule has 4 nitrogen and oxygen atoms in total. The van der Waals surface area contributed by atoms with Crippen molar-refractivity contribution in [2.24, 2.45) is 0 Å². The molecule has 0 atom stereocenters. The minimum Gasteiger partial charge on any atom is -0.478 e. The fourth-order valence-corrected chi connectivity index (χ4v) is 4.77. The van der Waals surface area contributed by atoms with Gasteiger partial charge >= 0.3 is 5.97 Å². The van der Waals surface area contributed by atoms with Crippen LogP contribution < -0.4 is 0 Å². The molecule has 0 spiro atoms. The van der Waals surface area contributed by atoms with Gasteiger partial charge in [0.2, 0.25) is 0 Å². The van der Waals surface area contributed by atoms with Crippen LogP contribution in [0.5, 0.6) is 0 Å². The Labute approximate surface area is 131 Å². The molecule has 2 heterocycles. The Morgan fingerprint density at radius 1 is 1.38 bits per heavy atom. The Hall–Kier alpha value is -1.24. The summed E-state index contributed by atoms with van der Waals surface area (Å²) in [5.41, 5.74) is 0.966. The number of thiophene rings is 1. The molecule has 0 saturated heterocycles. The average Bonchev–Trinajstić information content (AvgIpc) is 3.19. The highest BCUT2D eigenvalue weighted by Crippen LogP contribution is 2.44. The number of thiazole rings is 1. The summed E-state index contributed by atoms with van der Waals surface area (Å²) in [7, 11) is 0. The first kappa shape index (κ1) is 14.7. The van der Waals surface area contributed by atoms with E-state index in [1.165, 1.54) is 24.2 Å². The first-order valence-corrected chi connectivity index (χ1v) is 8.83. The molecule has 1 aliphatic carbocycles. The number of carboxylic acids is 1. The quantitative estimate of drug-likeness (QED) is 0.887. The Balaban J connectivity index is 1.89. The van der Waals surface area contributed by atoms with E-state index < -0.39 is 5.97 Å². The van der Waals surface area contributed by atoms with Crippen LogP contribution in [-0.2, 0) is 10.3 Å². The normalized spacial score (nSPS) is 17.2. The number of carbonyl (C=O) groups is 1. The number of aromatic carboxylic acids is 1. The molecule has 3 rings (SSSR count). The third-order valence-corrected chi connectivity index (χ3v) is 5.81. The number of hydrogen-bond acceptors (Lipinski definition) is 5. The summed E-state index contributed by atoms with van der Waals surface area (Å²) >= 11 is 3.04. The zero-order valence-electron chi connectivity index (χ0n) is 11.8. The van der Waals surface area contributed by atoms with Crippen LogP contribution in [0, 0.1) is 0 Å². The highest BCUT2D eigenvalue weighted by atomic mass is 32.1. The third-order valence-electron chi connectivity index (χ3n) is 3.82. The van der Waals surface area contributed by atoms with Gasteiger partial charge < -0.3 is 9.84 Å². The van der Waals surface area contributed by atoms with Gasteiger partial charge in [-0.1, -0.05) is 12.8 Å². The van der Waals surface area contributed by atoms with E-state index in [-0.39, 0.29) is 5.60 Å². The Bertz CT molecular complexity index is 641. The molecule has 0 unspecified atom stereocenters. The average molecular weight is 323 g/mol.